The van der Waals surface area contributed by atoms with E-state index >= 15 is 0 Å². The number of rotatable bonds is 5. The molecule has 2 heterocycles. The summed E-state index contributed by atoms with van der Waals surface area (Å²) in [5.74, 6) is -0.826. The van der Waals surface area contributed by atoms with E-state index in [1.54, 1.807) is 4.90 Å². The van der Waals surface area contributed by atoms with Gasteiger partial charge in [0.1, 0.15) is 0 Å². The maximum absolute atomic E-state index is 12.3. The summed E-state index contributed by atoms with van der Waals surface area (Å²) < 4.78 is 0. The lowest BCUT2D eigenvalue weighted by Gasteiger charge is -2.35. The standard InChI is InChI=1S/C15H27N3O3/c1-2-17-8-5-7-13(17)11-16-15(21)18-9-4-3-6-12(18)10-14(19)20/h12-13H,2-11H2,1H3,(H,16,21)(H,19,20). The Morgan fingerprint density at radius 2 is 1.90 bits per heavy atom. The summed E-state index contributed by atoms with van der Waals surface area (Å²) >= 11 is 0. The summed E-state index contributed by atoms with van der Waals surface area (Å²) in [6, 6.07) is 0.188. The molecule has 2 rings (SSSR count). The number of nitrogens with zero attached hydrogens (tertiary/aromatic N) is 2. The third-order valence-corrected chi connectivity index (χ3v) is 4.69. The van der Waals surface area contributed by atoms with Crippen LogP contribution in [0.25, 0.3) is 0 Å². The van der Waals surface area contributed by atoms with Crippen molar-refractivity contribution < 1.29 is 14.7 Å². The Morgan fingerprint density at radius 1 is 1.14 bits per heavy atom. The second-order valence-electron chi connectivity index (χ2n) is 6.05. The molecule has 2 atom stereocenters. The van der Waals surface area contributed by atoms with Crippen molar-refractivity contribution in [2.45, 2.75) is 57.5 Å². The van der Waals surface area contributed by atoms with Crippen molar-refractivity contribution in [2.75, 3.05) is 26.2 Å². The molecule has 2 amide bonds. The van der Waals surface area contributed by atoms with Crippen LogP contribution in [0, 0.1) is 0 Å². The smallest absolute Gasteiger partial charge is 0.317 e. The molecule has 21 heavy (non-hydrogen) atoms. The predicted octanol–water partition coefficient (Wildman–Crippen LogP) is 1.51. The van der Waals surface area contributed by atoms with Gasteiger partial charge < -0.3 is 15.3 Å². The summed E-state index contributed by atoms with van der Waals surface area (Å²) in [6.07, 6.45) is 5.15. The first-order chi connectivity index (χ1) is 10.1. The zero-order valence-electron chi connectivity index (χ0n) is 12.9. The van der Waals surface area contributed by atoms with Crippen LogP contribution in [0.15, 0.2) is 0 Å². The highest BCUT2D eigenvalue weighted by molar-refractivity contribution is 5.76. The molecule has 6 nitrogen and oxygen atoms in total. The molecule has 0 bridgehead atoms. The number of carboxylic acids is 1. The number of hydrogen-bond donors (Lipinski definition) is 2. The third kappa shape index (κ3) is 4.33. The van der Waals surface area contributed by atoms with Gasteiger partial charge in [0.25, 0.3) is 0 Å². The molecule has 0 aromatic heterocycles. The lowest BCUT2D eigenvalue weighted by Crippen LogP contribution is -2.51. The summed E-state index contributed by atoms with van der Waals surface area (Å²) in [5, 5.41) is 12.0. The fraction of sp³-hybridized carbons (Fsp3) is 0.867. The topological polar surface area (TPSA) is 72.9 Å². The molecule has 0 aromatic carbocycles. The van der Waals surface area contributed by atoms with Gasteiger partial charge in [-0.2, -0.15) is 0 Å². The molecule has 0 spiro atoms. The normalized spacial score (nSPS) is 26.8. The highest BCUT2D eigenvalue weighted by atomic mass is 16.4. The van der Waals surface area contributed by atoms with Gasteiger partial charge >= 0.3 is 12.0 Å². The number of likely N-dealkylation sites (tertiary alicyclic amines) is 2. The average Bonchev–Trinajstić information content (AvgIpc) is 2.92. The van der Waals surface area contributed by atoms with E-state index in [1.165, 1.54) is 6.42 Å². The zero-order chi connectivity index (χ0) is 15.2. The minimum atomic E-state index is -0.826. The molecule has 6 heteroatoms. The van der Waals surface area contributed by atoms with Crippen molar-refractivity contribution in [1.82, 2.24) is 15.1 Å². The Balaban J connectivity index is 1.84. The van der Waals surface area contributed by atoms with Gasteiger partial charge in [0.05, 0.1) is 6.42 Å². The summed E-state index contributed by atoms with van der Waals surface area (Å²) in [4.78, 5) is 27.4. The Hall–Kier alpha value is -1.30. The maximum Gasteiger partial charge on any atom is 0.317 e. The molecule has 0 radical (unpaired) electrons. The van der Waals surface area contributed by atoms with Crippen LogP contribution in [0.3, 0.4) is 0 Å². The van der Waals surface area contributed by atoms with Crippen molar-refractivity contribution in [3.05, 3.63) is 0 Å². The molecule has 0 aromatic rings. The van der Waals surface area contributed by atoms with Gasteiger partial charge in [-0.05, 0) is 45.2 Å². The van der Waals surface area contributed by atoms with Gasteiger partial charge in [-0.25, -0.2) is 4.79 Å². The summed E-state index contributed by atoms with van der Waals surface area (Å²) in [5.41, 5.74) is 0. The minimum absolute atomic E-state index is 0.0535. The van der Waals surface area contributed by atoms with Crippen LogP contribution in [-0.4, -0.2) is 65.2 Å². The van der Waals surface area contributed by atoms with E-state index in [9.17, 15) is 9.59 Å². The van der Waals surface area contributed by atoms with E-state index in [-0.39, 0.29) is 18.5 Å². The van der Waals surface area contributed by atoms with Crippen molar-refractivity contribution in [3.8, 4) is 0 Å². The molecular formula is C15H27N3O3. The van der Waals surface area contributed by atoms with E-state index in [0.717, 1.165) is 38.8 Å². The summed E-state index contributed by atoms with van der Waals surface area (Å²) in [6.45, 7) is 5.62. The van der Waals surface area contributed by atoms with Crippen molar-refractivity contribution in [3.63, 3.8) is 0 Å². The van der Waals surface area contributed by atoms with E-state index in [1.807, 2.05) is 0 Å². The first-order valence-corrected chi connectivity index (χ1v) is 8.12. The average molecular weight is 297 g/mol. The van der Waals surface area contributed by atoms with Crippen molar-refractivity contribution >= 4 is 12.0 Å². The molecule has 120 valence electrons. The van der Waals surface area contributed by atoms with Crippen LogP contribution in [0.5, 0.6) is 0 Å². The maximum atomic E-state index is 12.3. The second kappa shape index (κ2) is 7.64. The van der Waals surface area contributed by atoms with Crippen LogP contribution in [0.2, 0.25) is 0 Å². The lowest BCUT2D eigenvalue weighted by atomic mass is 10.00. The summed E-state index contributed by atoms with van der Waals surface area (Å²) in [7, 11) is 0. The molecule has 2 fully saturated rings. The number of hydrogen-bond acceptors (Lipinski definition) is 3. The zero-order valence-corrected chi connectivity index (χ0v) is 12.9. The number of nitrogens with one attached hydrogen (secondary N) is 1. The quantitative estimate of drug-likeness (QED) is 0.807. The number of piperidine rings is 1. The van der Waals surface area contributed by atoms with Crippen molar-refractivity contribution in [1.29, 1.82) is 0 Å². The van der Waals surface area contributed by atoms with Gasteiger partial charge in [0, 0.05) is 25.2 Å². The van der Waals surface area contributed by atoms with E-state index < -0.39 is 5.97 Å². The molecular weight excluding hydrogens is 270 g/mol. The molecule has 2 N–H and O–H groups in total. The van der Waals surface area contributed by atoms with Crippen LogP contribution >= 0.6 is 0 Å². The van der Waals surface area contributed by atoms with Crippen LogP contribution in [0.1, 0.15) is 45.4 Å². The monoisotopic (exact) mass is 297 g/mol. The van der Waals surface area contributed by atoms with E-state index in [4.69, 9.17) is 5.11 Å². The number of carboxylic acid groups (broad SMARTS) is 1. The first kappa shape index (κ1) is 16.1. The van der Waals surface area contributed by atoms with Gasteiger partial charge in [0.15, 0.2) is 0 Å². The predicted molar refractivity (Wildman–Crippen MR) is 80.3 cm³/mol. The van der Waals surface area contributed by atoms with Gasteiger partial charge in [0.2, 0.25) is 0 Å². The number of urea groups is 1. The first-order valence-electron chi connectivity index (χ1n) is 8.12. The van der Waals surface area contributed by atoms with Gasteiger partial charge in [-0.3, -0.25) is 9.69 Å². The molecule has 2 saturated heterocycles. The molecule has 2 aliphatic rings. The lowest BCUT2D eigenvalue weighted by molar-refractivity contribution is -0.138. The van der Waals surface area contributed by atoms with Gasteiger partial charge in [-0.15, -0.1) is 0 Å². The highest BCUT2D eigenvalue weighted by Crippen LogP contribution is 2.20. The van der Waals surface area contributed by atoms with E-state index in [2.05, 4.69) is 17.1 Å². The number of aliphatic carboxylic acids is 1. The Morgan fingerprint density at radius 3 is 2.62 bits per heavy atom. The number of amides is 2. The molecule has 0 aliphatic carbocycles. The number of carbonyl (C=O) groups excluding carboxylic acids is 1. The van der Waals surface area contributed by atoms with E-state index in [0.29, 0.717) is 19.1 Å². The SMILES string of the molecule is CCN1CCCC1CNC(=O)N1CCCCC1CC(=O)O. The van der Waals surface area contributed by atoms with Crippen LogP contribution in [0.4, 0.5) is 4.79 Å². The van der Waals surface area contributed by atoms with Crippen LogP contribution in [-0.2, 0) is 4.79 Å². The largest absolute Gasteiger partial charge is 0.481 e. The highest BCUT2D eigenvalue weighted by Gasteiger charge is 2.29. The Bertz CT molecular complexity index is 375. The fourth-order valence-electron chi connectivity index (χ4n) is 3.53. The number of likely N-dealkylation sites (N-methyl/N-ethyl adjacent to an activating group) is 1. The number of carbonyl (C=O) groups is 2. The Labute approximate surface area is 126 Å². The third-order valence-electron chi connectivity index (χ3n) is 4.69. The van der Waals surface area contributed by atoms with Crippen molar-refractivity contribution in [2.24, 2.45) is 0 Å². The van der Waals surface area contributed by atoms with Gasteiger partial charge in [-0.1, -0.05) is 6.92 Å². The second-order valence-corrected chi connectivity index (χ2v) is 6.05. The van der Waals surface area contributed by atoms with Crippen LogP contribution < -0.4 is 5.32 Å². The molecule has 2 unspecified atom stereocenters. The Kier molecular flexibility index (Phi) is 5.85. The molecule has 2 aliphatic heterocycles. The molecule has 0 saturated carbocycles. The fourth-order valence-corrected chi connectivity index (χ4v) is 3.53. The minimum Gasteiger partial charge on any atom is -0.481 e.